The van der Waals surface area contributed by atoms with Crippen LogP contribution in [-0.2, 0) is 10.0 Å². The first-order chi connectivity index (χ1) is 9.79. The summed E-state index contributed by atoms with van der Waals surface area (Å²) in [5.74, 6) is -2.95. The van der Waals surface area contributed by atoms with Gasteiger partial charge >= 0.3 is 5.97 Å². The highest BCUT2D eigenvalue weighted by Crippen LogP contribution is 2.23. The van der Waals surface area contributed by atoms with E-state index in [1.54, 1.807) is 0 Å². The Morgan fingerprint density at radius 3 is 2.52 bits per heavy atom. The quantitative estimate of drug-likeness (QED) is 0.624. The van der Waals surface area contributed by atoms with Crippen molar-refractivity contribution < 1.29 is 27.8 Å². The van der Waals surface area contributed by atoms with Gasteiger partial charge in [-0.3, -0.25) is 0 Å². The molecule has 118 valence electrons. The average molecular weight is 340 g/mol. The molecular formula is C12H15ClFNO5S. The number of carboxylic acid groups (broad SMARTS) is 1. The molecule has 9 heteroatoms. The van der Waals surface area contributed by atoms with Crippen molar-refractivity contribution in [2.24, 2.45) is 0 Å². The van der Waals surface area contributed by atoms with Crippen molar-refractivity contribution in [2.75, 3.05) is 13.2 Å². The number of aliphatic hydroxyl groups excluding tert-OH is 1. The Bertz CT molecular complexity index is 620. The molecule has 0 aliphatic heterocycles. The lowest BCUT2D eigenvalue weighted by Crippen LogP contribution is -2.26. The molecule has 6 nitrogen and oxygen atoms in total. The predicted octanol–water partition coefficient (Wildman–Crippen LogP) is 1.62. The summed E-state index contributed by atoms with van der Waals surface area (Å²) < 4.78 is 40.0. The minimum atomic E-state index is -4.19. The van der Waals surface area contributed by atoms with Crippen molar-refractivity contribution >= 4 is 27.6 Å². The molecule has 0 bridgehead atoms. The number of hydrogen-bond acceptors (Lipinski definition) is 4. The SMILES string of the molecule is O=C(O)c1cc(Cl)cc(S(=O)(=O)NCCCCCO)c1F. The van der Waals surface area contributed by atoms with Gasteiger partial charge in [-0.1, -0.05) is 11.6 Å². The lowest BCUT2D eigenvalue weighted by Gasteiger charge is -2.09. The summed E-state index contributed by atoms with van der Waals surface area (Å²) in [6, 6.07) is 1.71. The fourth-order valence-electron chi connectivity index (χ4n) is 1.61. The summed E-state index contributed by atoms with van der Waals surface area (Å²) in [6.45, 7) is 0.0638. The number of sulfonamides is 1. The van der Waals surface area contributed by atoms with E-state index in [0.717, 1.165) is 12.1 Å². The van der Waals surface area contributed by atoms with E-state index >= 15 is 0 Å². The molecule has 0 radical (unpaired) electrons. The predicted molar refractivity (Wildman–Crippen MR) is 74.5 cm³/mol. The average Bonchev–Trinajstić information content (AvgIpc) is 2.40. The molecule has 0 amide bonds. The van der Waals surface area contributed by atoms with Gasteiger partial charge < -0.3 is 10.2 Å². The number of aliphatic hydroxyl groups is 1. The second-order valence-electron chi connectivity index (χ2n) is 4.25. The van der Waals surface area contributed by atoms with Gasteiger partial charge in [-0.05, 0) is 31.4 Å². The number of carboxylic acids is 1. The van der Waals surface area contributed by atoms with Crippen LogP contribution in [0, 0.1) is 5.82 Å². The van der Waals surface area contributed by atoms with Crippen LogP contribution in [0.25, 0.3) is 0 Å². The molecule has 0 saturated heterocycles. The van der Waals surface area contributed by atoms with Gasteiger partial charge in [0.05, 0.1) is 5.56 Å². The van der Waals surface area contributed by atoms with Crippen LogP contribution in [0.2, 0.25) is 5.02 Å². The summed E-state index contributed by atoms with van der Waals surface area (Å²) in [4.78, 5) is 10.1. The standard InChI is InChI=1S/C12H15ClFNO5S/c13-8-6-9(12(17)18)11(14)10(7-8)21(19,20)15-4-2-1-3-5-16/h6-7,15-16H,1-5H2,(H,17,18). The molecular weight excluding hydrogens is 325 g/mol. The summed E-state index contributed by atoms with van der Waals surface area (Å²) in [5.41, 5.74) is -0.803. The van der Waals surface area contributed by atoms with Crippen LogP contribution in [0.3, 0.4) is 0 Å². The molecule has 0 aliphatic rings. The molecule has 0 unspecified atom stereocenters. The largest absolute Gasteiger partial charge is 0.478 e. The highest BCUT2D eigenvalue weighted by atomic mass is 35.5. The van der Waals surface area contributed by atoms with Crippen LogP contribution < -0.4 is 4.72 Å². The first-order valence-electron chi connectivity index (χ1n) is 6.12. The number of benzene rings is 1. The number of hydrogen-bond donors (Lipinski definition) is 3. The fourth-order valence-corrected chi connectivity index (χ4v) is 3.09. The first kappa shape index (κ1) is 17.8. The number of unbranched alkanes of at least 4 members (excludes halogenated alkanes) is 2. The van der Waals surface area contributed by atoms with E-state index < -0.39 is 32.3 Å². The molecule has 0 fully saturated rings. The monoisotopic (exact) mass is 339 g/mol. The Morgan fingerprint density at radius 1 is 1.29 bits per heavy atom. The zero-order valence-corrected chi connectivity index (χ0v) is 12.5. The number of aromatic carboxylic acids is 1. The summed E-state index contributed by atoms with van der Waals surface area (Å²) in [6.07, 6.45) is 1.61. The van der Waals surface area contributed by atoms with Crippen molar-refractivity contribution in [1.29, 1.82) is 0 Å². The van der Waals surface area contributed by atoms with Crippen molar-refractivity contribution in [3.63, 3.8) is 0 Å². The molecule has 1 aromatic rings. The third kappa shape index (κ3) is 4.92. The lowest BCUT2D eigenvalue weighted by atomic mass is 10.2. The number of carbonyl (C=O) groups is 1. The molecule has 0 atom stereocenters. The van der Waals surface area contributed by atoms with Crippen molar-refractivity contribution in [2.45, 2.75) is 24.2 Å². The van der Waals surface area contributed by atoms with Gasteiger partial charge in [0.2, 0.25) is 10.0 Å². The topological polar surface area (TPSA) is 104 Å². The molecule has 1 rings (SSSR count). The third-order valence-corrected chi connectivity index (χ3v) is 4.33. The maximum Gasteiger partial charge on any atom is 0.338 e. The fraction of sp³-hybridized carbons (Fsp3) is 0.417. The summed E-state index contributed by atoms with van der Waals surface area (Å²) in [5, 5.41) is 17.2. The Balaban J connectivity index is 2.95. The highest BCUT2D eigenvalue weighted by Gasteiger charge is 2.24. The molecule has 0 heterocycles. The maximum atomic E-state index is 13.9. The molecule has 0 aromatic heterocycles. The second-order valence-corrected chi connectivity index (χ2v) is 6.42. The highest BCUT2D eigenvalue weighted by molar-refractivity contribution is 7.89. The molecule has 21 heavy (non-hydrogen) atoms. The van der Waals surface area contributed by atoms with E-state index in [-0.39, 0.29) is 18.2 Å². The van der Waals surface area contributed by atoms with Crippen molar-refractivity contribution in [3.8, 4) is 0 Å². The molecule has 1 aromatic carbocycles. The van der Waals surface area contributed by atoms with E-state index in [9.17, 15) is 17.6 Å². The van der Waals surface area contributed by atoms with Gasteiger partial charge in [0, 0.05) is 18.2 Å². The summed E-state index contributed by atoms with van der Waals surface area (Å²) >= 11 is 5.62. The van der Waals surface area contributed by atoms with E-state index in [1.807, 2.05) is 0 Å². The third-order valence-electron chi connectivity index (χ3n) is 2.65. The zero-order chi connectivity index (χ0) is 16.0. The number of nitrogens with one attached hydrogen (secondary N) is 1. The minimum Gasteiger partial charge on any atom is -0.478 e. The Labute approximate surface area is 126 Å². The molecule has 3 N–H and O–H groups in total. The van der Waals surface area contributed by atoms with Gasteiger partial charge in [-0.2, -0.15) is 0 Å². The van der Waals surface area contributed by atoms with Gasteiger partial charge in [0.25, 0.3) is 0 Å². The second kappa shape index (κ2) is 7.69. The molecule has 0 spiro atoms. The van der Waals surface area contributed by atoms with Gasteiger partial charge in [0.15, 0.2) is 5.82 Å². The zero-order valence-electron chi connectivity index (χ0n) is 11.0. The number of rotatable bonds is 8. The molecule has 0 aliphatic carbocycles. The van der Waals surface area contributed by atoms with Crippen LogP contribution >= 0.6 is 11.6 Å². The minimum absolute atomic E-state index is 0.0116. The first-order valence-corrected chi connectivity index (χ1v) is 7.98. The lowest BCUT2D eigenvalue weighted by molar-refractivity contribution is 0.0691. The van der Waals surface area contributed by atoms with Gasteiger partial charge in [-0.15, -0.1) is 0 Å². The molecule has 0 saturated carbocycles. The van der Waals surface area contributed by atoms with E-state index in [2.05, 4.69) is 4.72 Å². The van der Waals surface area contributed by atoms with E-state index in [1.165, 1.54) is 0 Å². The van der Waals surface area contributed by atoms with Crippen molar-refractivity contribution in [1.82, 2.24) is 4.72 Å². The summed E-state index contributed by atoms with van der Waals surface area (Å²) in [7, 11) is -4.19. The Kier molecular flexibility index (Phi) is 6.53. The van der Waals surface area contributed by atoms with Crippen LogP contribution in [0.4, 0.5) is 4.39 Å². The Hall–Kier alpha value is -1.22. The van der Waals surface area contributed by atoms with Crippen molar-refractivity contribution in [3.05, 3.63) is 28.5 Å². The number of halogens is 2. The van der Waals surface area contributed by atoms with Gasteiger partial charge in [0.1, 0.15) is 4.90 Å². The van der Waals surface area contributed by atoms with Crippen LogP contribution in [0.1, 0.15) is 29.6 Å². The maximum absolute atomic E-state index is 13.9. The van der Waals surface area contributed by atoms with Crippen LogP contribution in [0.5, 0.6) is 0 Å². The van der Waals surface area contributed by atoms with Gasteiger partial charge in [-0.25, -0.2) is 22.3 Å². The smallest absolute Gasteiger partial charge is 0.338 e. The van der Waals surface area contributed by atoms with Crippen LogP contribution in [0.15, 0.2) is 17.0 Å². The normalized spacial score (nSPS) is 11.6. The van der Waals surface area contributed by atoms with E-state index in [4.69, 9.17) is 21.8 Å². The Morgan fingerprint density at radius 2 is 1.95 bits per heavy atom. The van der Waals surface area contributed by atoms with E-state index in [0.29, 0.717) is 19.3 Å². The van der Waals surface area contributed by atoms with Crippen LogP contribution in [-0.4, -0.2) is 37.8 Å².